The molecule has 60 valence electrons. The van der Waals surface area contributed by atoms with Crippen molar-refractivity contribution in [1.29, 1.82) is 0 Å². The molecule has 4 heteroatoms. The number of aliphatic hydroxyl groups is 1. The SMILES string of the molecule is C[C@H]1C[C@@H](ON)[C@@H](CO)O1. The highest BCUT2D eigenvalue weighted by molar-refractivity contribution is 4.79. The molecule has 0 radical (unpaired) electrons. The van der Waals surface area contributed by atoms with Gasteiger partial charge in [-0.1, -0.05) is 0 Å². The van der Waals surface area contributed by atoms with Crippen LogP contribution in [0.3, 0.4) is 0 Å². The molecule has 0 spiro atoms. The van der Waals surface area contributed by atoms with Crippen molar-refractivity contribution in [2.45, 2.75) is 31.7 Å². The molecule has 3 atom stereocenters. The number of ether oxygens (including phenoxy) is 1. The Morgan fingerprint density at radius 2 is 2.50 bits per heavy atom. The van der Waals surface area contributed by atoms with Crippen LogP contribution < -0.4 is 5.90 Å². The van der Waals surface area contributed by atoms with Crippen LogP contribution >= 0.6 is 0 Å². The molecule has 1 rings (SSSR count). The van der Waals surface area contributed by atoms with Crippen molar-refractivity contribution in [2.75, 3.05) is 6.61 Å². The first kappa shape index (κ1) is 7.94. The molecule has 1 heterocycles. The van der Waals surface area contributed by atoms with E-state index in [0.29, 0.717) is 0 Å². The summed E-state index contributed by atoms with van der Waals surface area (Å²) in [6.45, 7) is 1.91. The Kier molecular flexibility index (Phi) is 2.62. The second kappa shape index (κ2) is 3.30. The van der Waals surface area contributed by atoms with Crippen molar-refractivity contribution in [3.05, 3.63) is 0 Å². The minimum absolute atomic E-state index is 0.0216. The van der Waals surface area contributed by atoms with Crippen LogP contribution in [-0.2, 0) is 9.57 Å². The van der Waals surface area contributed by atoms with Gasteiger partial charge in [-0.05, 0) is 6.92 Å². The molecule has 0 aromatic carbocycles. The topological polar surface area (TPSA) is 64.7 Å². The third kappa shape index (κ3) is 1.46. The standard InChI is InChI=1S/C6H13NO3/c1-4-2-5(10-7)6(3-8)9-4/h4-6,8H,2-3,7H2,1H3/t4-,5+,6+/m0/s1. The van der Waals surface area contributed by atoms with E-state index in [-0.39, 0.29) is 24.9 Å². The zero-order valence-electron chi connectivity index (χ0n) is 5.99. The Bertz CT molecular complexity index is 97.2. The first-order valence-corrected chi connectivity index (χ1v) is 3.39. The molecule has 1 fully saturated rings. The normalized spacial score (nSPS) is 40.5. The number of rotatable bonds is 2. The van der Waals surface area contributed by atoms with Crippen molar-refractivity contribution in [2.24, 2.45) is 5.90 Å². The summed E-state index contributed by atoms with van der Waals surface area (Å²) in [5, 5.41) is 8.72. The predicted molar refractivity (Wildman–Crippen MR) is 35.1 cm³/mol. The number of aliphatic hydroxyl groups excluding tert-OH is 1. The summed E-state index contributed by atoms with van der Waals surface area (Å²) < 4.78 is 5.26. The van der Waals surface area contributed by atoms with Crippen LogP contribution in [0, 0.1) is 0 Å². The van der Waals surface area contributed by atoms with Gasteiger partial charge in [0.15, 0.2) is 0 Å². The monoisotopic (exact) mass is 147 g/mol. The van der Waals surface area contributed by atoms with Gasteiger partial charge in [0, 0.05) is 6.42 Å². The van der Waals surface area contributed by atoms with E-state index in [2.05, 4.69) is 4.84 Å². The summed E-state index contributed by atoms with van der Waals surface area (Å²) in [6, 6.07) is 0. The lowest BCUT2D eigenvalue weighted by molar-refractivity contribution is -0.0452. The second-order valence-electron chi connectivity index (χ2n) is 2.58. The molecule has 0 aliphatic carbocycles. The van der Waals surface area contributed by atoms with Crippen LogP contribution in [-0.4, -0.2) is 30.0 Å². The van der Waals surface area contributed by atoms with Crippen LogP contribution in [0.15, 0.2) is 0 Å². The van der Waals surface area contributed by atoms with Gasteiger partial charge in [0.1, 0.15) is 12.2 Å². The highest BCUT2D eigenvalue weighted by Gasteiger charge is 2.32. The van der Waals surface area contributed by atoms with Crippen LogP contribution in [0.1, 0.15) is 13.3 Å². The minimum atomic E-state index is -0.236. The average molecular weight is 147 g/mol. The Morgan fingerprint density at radius 3 is 2.90 bits per heavy atom. The van der Waals surface area contributed by atoms with Gasteiger partial charge in [0.05, 0.1) is 12.7 Å². The largest absolute Gasteiger partial charge is 0.394 e. The third-order valence-corrected chi connectivity index (χ3v) is 1.74. The fraction of sp³-hybridized carbons (Fsp3) is 1.00. The molecular formula is C6H13NO3. The molecule has 0 amide bonds. The lowest BCUT2D eigenvalue weighted by Gasteiger charge is -2.12. The van der Waals surface area contributed by atoms with E-state index in [1.165, 1.54) is 0 Å². The number of hydrogen-bond donors (Lipinski definition) is 2. The van der Waals surface area contributed by atoms with Crippen molar-refractivity contribution >= 4 is 0 Å². The van der Waals surface area contributed by atoms with Gasteiger partial charge >= 0.3 is 0 Å². The highest BCUT2D eigenvalue weighted by atomic mass is 16.6. The molecule has 0 aromatic heterocycles. The molecule has 1 aliphatic heterocycles. The van der Waals surface area contributed by atoms with E-state index in [4.69, 9.17) is 15.7 Å². The van der Waals surface area contributed by atoms with E-state index in [0.717, 1.165) is 6.42 Å². The van der Waals surface area contributed by atoms with E-state index < -0.39 is 0 Å². The van der Waals surface area contributed by atoms with E-state index in [9.17, 15) is 0 Å². The maximum atomic E-state index is 8.72. The average Bonchev–Trinajstić information content (AvgIpc) is 2.30. The summed E-state index contributed by atoms with van der Waals surface area (Å²) in [6.07, 6.45) is 0.535. The summed E-state index contributed by atoms with van der Waals surface area (Å²) in [5.41, 5.74) is 0. The lowest BCUT2D eigenvalue weighted by Crippen LogP contribution is -2.29. The molecule has 1 saturated heterocycles. The Hall–Kier alpha value is -0.160. The summed E-state index contributed by atoms with van der Waals surface area (Å²) in [4.78, 5) is 4.60. The van der Waals surface area contributed by atoms with E-state index >= 15 is 0 Å². The maximum Gasteiger partial charge on any atom is 0.110 e. The summed E-state index contributed by atoms with van der Waals surface area (Å²) in [5.74, 6) is 4.97. The van der Waals surface area contributed by atoms with Crippen LogP contribution in [0.2, 0.25) is 0 Å². The Labute approximate surface area is 59.9 Å². The molecule has 10 heavy (non-hydrogen) atoms. The van der Waals surface area contributed by atoms with Gasteiger partial charge in [0.2, 0.25) is 0 Å². The quantitative estimate of drug-likeness (QED) is 0.513. The van der Waals surface area contributed by atoms with Crippen LogP contribution in [0.5, 0.6) is 0 Å². The van der Waals surface area contributed by atoms with Gasteiger partial charge in [-0.2, -0.15) is 0 Å². The van der Waals surface area contributed by atoms with Gasteiger partial charge in [-0.25, -0.2) is 5.90 Å². The minimum Gasteiger partial charge on any atom is -0.394 e. The van der Waals surface area contributed by atoms with Crippen molar-refractivity contribution < 1.29 is 14.7 Å². The second-order valence-corrected chi connectivity index (χ2v) is 2.58. The van der Waals surface area contributed by atoms with Crippen molar-refractivity contribution in [3.8, 4) is 0 Å². The highest BCUT2D eigenvalue weighted by Crippen LogP contribution is 2.20. The summed E-state index contributed by atoms with van der Waals surface area (Å²) >= 11 is 0. The molecular weight excluding hydrogens is 134 g/mol. The van der Waals surface area contributed by atoms with E-state index in [1.807, 2.05) is 6.92 Å². The number of hydrogen-bond acceptors (Lipinski definition) is 4. The van der Waals surface area contributed by atoms with Crippen LogP contribution in [0.4, 0.5) is 0 Å². The molecule has 0 bridgehead atoms. The molecule has 3 N–H and O–H groups in total. The molecule has 1 aliphatic rings. The van der Waals surface area contributed by atoms with Gasteiger partial charge in [-0.3, -0.25) is 4.84 Å². The van der Waals surface area contributed by atoms with Gasteiger partial charge < -0.3 is 9.84 Å². The van der Waals surface area contributed by atoms with Crippen LogP contribution in [0.25, 0.3) is 0 Å². The predicted octanol–water partition coefficient (Wildman–Crippen LogP) is -0.585. The van der Waals surface area contributed by atoms with E-state index in [1.54, 1.807) is 0 Å². The smallest absolute Gasteiger partial charge is 0.110 e. The number of nitrogens with two attached hydrogens (primary N) is 1. The fourth-order valence-corrected chi connectivity index (χ4v) is 1.22. The lowest BCUT2D eigenvalue weighted by atomic mass is 10.1. The molecule has 0 saturated carbocycles. The first-order valence-electron chi connectivity index (χ1n) is 3.39. The zero-order chi connectivity index (χ0) is 7.56. The molecule has 4 nitrogen and oxygen atoms in total. The third-order valence-electron chi connectivity index (χ3n) is 1.74. The van der Waals surface area contributed by atoms with Crippen molar-refractivity contribution in [1.82, 2.24) is 0 Å². The zero-order valence-corrected chi connectivity index (χ0v) is 5.99. The molecule has 0 aromatic rings. The Balaban J connectivity index is 2.41. The fourth-order valence-electron chi connectivity index (χ4n) is 1.22. The van der Waals surface area contributed by atoms with Gasteiger partial charge in [-0.15, -0.1) is 0 Å². The van der Waals surface area contributed by atoms with Crippen molar-refractivity contribution in [3.63, 3.8) is 0 Å². The summed E-state index contributed by atoms with van der Waals surface area (Å²) in [7, 11) is 0. The van der Waals surface area contributed by atoms with Gasteiger partial charge in [0.25, 0.3) is 0 Å². The first-order chi connectivity index (χ1) is 4.77. The molecule has 0 unspecified atom stereocenters. The maximum absolute atomic E-state index is 8.72. The Morgan fingerprint density at radius 1 is 1.80 bits per heavy atom.